The summed E-state index contributed by atoms with van der Waals surface area (Å²) < 4.78 is 17.9. The molecule has 2 aromatic carbocycles. The number of rotatable bonds is 14. The highest BCUT2D eigenvalue weighted by molar-refractivity contribution is 5.91. The lowest BCUT2D eigenvalue weighted by molar-refractivity contribution is 0.0240. The van der Waals surface area contributed by atoms with E-state index in [9.17, 15) is 14.7 Å². The number of imidazole rings is 1. The summed E-state index contributed by atoms with van der Waals surface area (Å²) in [6.45, 7) is 13.2. The van der Waals surface area contributed by atoms with E-state index in [-0.39, 0.29) is 17.8 Å². The fourth-order valence-corrected chi connectivity index (χ4v) is 6.82. The molecule has 2 amide bonds. The Hall–Kier alpha value is -5.96. The number of carbonyl (C=O) groups is 2. The molecule has 4 heterocycles. The van der Waals surface area contributed by atoms with Gasteiger partial charge in [-0.3, -0.25) is 4.79 Å². The molecule has 5 aromatic rings. The molecule has 1 saturated heterocycles. The van der Waals surface area contributed by atoms with Gasteiger partial charge in [-0.25, -0.2) is 24.3 Å². The zero-order valence-electron chi connectivity index (χ0n) is 34.8. The molecular formula is C43H55N9O6. The summed E-state index contributed by atoms with van der Waals surface area (Å²) in [5, 5.41) is 16.7. The number of unbranched alkanes of at least 4 members (excludes halogenated alkanes) is 1. The highest BCUT2D eigenvalue weighted by atomic mass is 16.6. The lowest BCUT2D eigenvalue weighted by atomic mass is 10.1. The van der Waals surface area contributed by atoms with Crippen LogP contribution in [0, 0.1) is 6.92 Å². The van der Waals surface area contributed by atoms with Crippen LogP contribution in [0.2, 0.25) is 0 Å². The van der Waals surface area contributed by atoms with Crippen molar-refractivity contribution in [1.82, 2.24) is 34.4 Å². The molecule has 1 aliphatic rings. The number of benzene rings is 2. The van der Waals surface area contributed by atoms with Gasteiger partial charge in [0, 0.05) is 64.6 Å². The first-order chi connectivity index (χ1) is 27.8. The third-order valence-electron chi connectivity index (χ3n) is 10.0. The molecular weight excluding hydrogens is 739 g/mol. The largest absolute Gasteiger partial charge is 0.497 e. The molecule has 0 spiro atoms. The van der Waals surface area contributed by atoms with E-state index in [1.54, 1.807) is 43.5 Å². The summed E-state index contributed by atoms with van der Waals surface area (Å²) in [5.41, 5.74) is 3.55. The lowest BCUT2D eigenvalue weighted by Gasteiger charge is -2.36. The van der Waals surface area contributed by atoms with E-state index in [2.05, 4.69) is 16.7 Å². The molecule has 58 heavy (non-hydrogen) atoms. The number of ether oxygens (including phenoxy) is 3. The first-order valence-electron chi connectivity index (χ1n) is 19.7. The Balaban J connectivity index is 1.35. The van der Waals surface area contributed by atoms with Gasteiger partial charge in [0.25, 0.3) is 5.91 Å². The number of hydrogen-bond acceptors (Lipinski definition) is 12. The van der Waals surface area contributed by atoms with Crippen molar-refractivity contribution >= 4 is 29.3 Å². The predicted molar refractivity (Wildman–Crippen MR) is 222 cm³/mol. The molecule has 15 nitrogen and oxygen atoms in total. The van der Waals surface area contributed by atoms with Crippen LogP contribution in [0.5, 0.6) is 11.5 Å². The number of piperazine rings is 1. The number of aliphatic hydroxyl groups excluding tert-OH is 1. The van der Waals surface area contributed by atoms with E-state index in [4.69, 9.17) is 34.3 Å². The van der Waals surface area contributed by atoms with Crippen LogP contribution in [-0.2, 0) is 17.8 Å². The summed E-state index contributed by atoms with van der Waals surface area (Å²) in [7, 11) is 5.01. The Morgan fingerprint density at radius 3 is 2.03 bits per heavy atom. The lowest BCUT2D eigenvalue weighted by Crippen LogP contribution is -2.50. The number of aliphatic hydroxyl groups is 1. The second-order valence-corrected chi connectivity index (χ2v) is 15.6. The van der Waals surface area contributed by atoms with Gasteiger partial charge in [0.15, 0.2) is 11.5 Å². The molecule has 1 unspecified atom stereocenters. The van der Waals surface area contributed by atoms with Gasteiger partial charge in [-0.2, -0.15) is 0 Å². The summed E-state index contributed by atoms with van der Waals surface area (Å²) in [5.74, 6) is 2.33. The third kappa shape index (κ3) is 9.76. The van der Waals surface area contributed by atoms with E-state index in [1.807, 2.05) is 82.3 Å². The molecule has 0 bridgehead atoms. The number of carbonyl (C=O) groups excluding carboxylic acids is 2. The molecule has 1 fully saturated rings. The first-order valence-corrected chi connectivity index (χ1v) is 19.7. The Labute approximate surface area is 340 Å². The van der Waals surface area contributed by atoms with Crippen molar-refractivity contribution in [3.8, 4) is 11.5 Å². The fourth-order valence-electron chi connectivity index (χ4n) is 6.82. The smallest absolute Gasteiger partial charge is 0.410 e. The van der Waals surface area contributed by atoms with Crippen LogP contribution in [0.3, 0.4) is 0 Å². The summed E-state index contributed by atoms with van der Waals surface area (Å²) in [4.78, 5) is 48.6. The highest BCUT2D eigenvalue weighted by Gasteiger charge is 2.29. The molecule has 0 saturated carbocycles. The molecule has 308 valence electrons. The van der Waals surface area contributed by atoms with Crippen molar-refractivity contribution in [1.29, 1.82) is 0 Å². The summed E-state index contributed by atoms with van der Waals surface area (Å²) >= 11 is 0. The van der Waals surface area contributed by atoms with Crippen LogP contribution < -0.4 is 19.3 Å². The molecule has 3 aromatic heterocycles. The van der Waals surface area contributed by atoms with Gasteiger partial charge in [0.1, 0.15) is 29.0 Å². The fraction of sp³-hybridized carbons (Fsp3) is 0.442. The maximum atomic E-state index is 14.0. The molecule has 0 aliphatic carbocycles. The SMILES string of the molecule is CCCCN(C)C(=O)c1nc(N(Cc2ccc(OC)cc2)Cc2ccc(OC)cc2)c2ncc(C(O)c3cnc(N4CCN(C(=O)OC(C)(C)C)CC4)c(C)c3)n2n1. The van der Waals surface area contributed by atoms with E-state index in [0.717, 1.165) is 46.8 Å². The van der Waals surface area contributed by atoms with Gasteiger partial charge in [0.05, 0.1) is 26.1 Å². The Morgan fingerprint density at radius 2 is 1.50 bits per heavy atom. The topological polar surface area (TPSA) is 151 Å². The minimum atomic E-state index is -1.18. The number of pyridine rings is 1. The highest BCUT2D eigenvalue weighted by Crippen LogP contribution is 2.31. The number of aryl methyl sites for hydroxylation is 1. The minimum Gasteiger partial charge on any atom is -0.497 e. The van der Waals surface area contributed by atoms with Crippen LogP contribution in [0.4, 0.5) is 16.4 Å². The van der Waals surface area contributed by atoms with Crippen LogP contribution in [0.25, 0.3) is 5.65 Å². The van der Waals surface area contributed by atoms with Crippen LogP contribution in [0.15, 0.2) is 67.0 Å². The van der Waals surface area contributed by atoms with Gasteiger partial charge in [-0.05, 0) is 81.1 Å². The monoisotopic (exact) mass is 793 g/mol. The number of nitrogens with zero attached hydrogens (tertiary/aromatic N) is 9. The van der Waals surface area contributed by atoms with Crippen molar-refractivity contribution < 1.29 is 28.9 Å². The molecule has 6 rings (SSSR count). The third-order valence-corrected chi connectivity index (χ3v) is 10.0. The Bertz CT molecular complexity index is 2130. The summed E-state index contributed by atoms with van der Waals surface area (Å²) in [6.07, 6.45) is 3.48. The second-order valence-electron chi connectivity index (χ2n) is 15.6. The van der Waals surface area contributed by atoms with Crippen molar-refractivity contribution in [2.24, 2.45) is 0 Å². The zero-order valence-corrected chi connectivity index (χ0v) is 34.8. The maximum absolute atomic E-state index is 14.0. The molecule has 1 aliphatic heterocycles. The standard InChI is InChI=1S/C43H55N9O6/c1-9-10-19-48(6)41(54)37-46-40(51(27-30-11-15-33(56-7)16-12-30)28-31-13-17-34(57-8)18-14-31)39-45-26-35(52(39)47-37)36(53)32-24-29(2)38(44-25-32)49-20-22-50(23-21-49)42(55)58-43(3,4)5/h11-18,24-26,36,53H,9-10,19-23,27-28H2,1-8H3. The minimum absolute atomic E-state index is 0.0165. The molecule has 1 N–H and O–H groups in total. The van der Waals surface area contributed by atoms with Crippen LogP contribution in [-0.4, -0.2) is 111 Å². The van der Waals surface area contributed by atoms with Gasteiger partial charge >= 0.3 is 6.09 Å². The van der Waals surface area contributed by atoms with Gasteiger partial charge in [-0.15, -0.1) is 5.10 Å². The van der Waals surface area contributed by atoms with Crippen molar-refractivity contribution in [2.45, 2.75) is 72.3 Å². The van der Waals surface area contributed by atoms with E-state index in [0.29, 0.717) is 68.5 Å². The van der Waals surface area contributed by atoms with Crippen molar-refractivity contribution in [3.05, 3.63) is 101 Å². The van der Waals surface area contributed by atoms with Crippen molar-refractivity contribution in [2.75, 3.05) is 63.8 Å². The number of hydrogen-bond donors (Lipinski definition) is 1. The normalized spacial score (nSPS) is 13.7. The zero-order chi connectivity index (χ0) is 41.6. The number of amides is 2. The predicted octanol–water partition coefficient (Wildman–Crippen LogP) is 6.06. The molecule has 15 heteroatoms. The number of fused-ring (bicyclic) bond motifs is 1. The van der Waals surface area contributed by atoms with Crippen molar-refractivity contribution in [3.63, 3.8) is 0 Å². The van der Waals surface area contributed by atoms with E-state index < -0.39 is 11.7 Å². The van der Waals surface area contributed by atoms with Gasteiger partial charge in [0.2, 0.25) is 5.82 Å². The average Bonchev–Trinajstić information content (AvgIpc) is 3.65. The van der Waals surface area contributed by atoms with Gasteiger partial charge < -0.3 is 38.9 Å². The Morgan fingerprint density at radius 1 is 0.897 bits per heavy atom. The Kier molecular flexibility index (Phi) is 13.0. The first kappa shape index (κ1) is 41.7. The molecule has 0 radical (unpaired) electrons. The van der Waals surface area contributed by atoms with Crippen LogP contribution in [0.1, 0.15) is 85.2 Å². The quantitative estimate of drug-likeness (QED) is 0.139. The molecule has 1 atom stereocenters. The maximum Gasteiger partial charge on any atom is 0.410 e. The van der Waals surface area contributed by atoms with E-state index in [1.165, 1.54) is 4.52 Å². The summed E-state index contributed by atoms with van der Waals surface area (Å²) in [6, 6.07) is 17.5. The van der Waals surface area contributed by atoms with Crippen LogP contribution >= 0.6 is 0 Å². The number of aromatic nitrogens is 5. The number of methoxy groups -OCH3 is 2. The van der Waals surface area contributed by atoms with Gasteiger partial charge in [-0.1, -0.05) is 37.6 Å². The number of anilines is 2. The van der Waals surface area contributed by atoms with E-state index >= 15 is 0 Å². The average molecular weight is 794 g/mol. The second kappa shape index (κ2) is 18.1.